The molecule has 0 aromatic carbocycles. The predicted molar refractivity (Wildman–Crippen MR) is 67.6 cm³/mol. The Bertz CT molecular complexity index is 429. The number of nitrogens with zero attached hydrogens (tertiary/aromatic N) is 3. The third-order valence-corrected chi connectivity index (χ3v) is 3.10. The van der Waals surface area contributed by atoms with E-state index in [4.69, 9.17) is 16.3 Å². The van der Waals surface area contributed by atoms with Crippen LogP contribution in [0.4, 0.5) is 4.39 Å². The fourth-order valence-electron chi connectivity index (χ4n) is 2.01. The molecule has 1 aliphatic heterocycles. The van der Waals surface area contributed by atoms with Crippen LogP contribution in [-0.2, 0) is 4.79 Å². The lowest BCUT2D eigenvalue weighted by atomic mass is 10.1. The first kappa shape index (κ1) is 14.0. The summed E-state index contributed by atoms with van der Waals surface area (Å²) in [7, 11) is 0. The third kappa shape index (κ3) is 4.02. The number of alkyl halides is 1. The number of piperidine rings is 1. The van der Waals surface area contributed by atoms with Gasteiger partial charge in [-0.2, -0.15) is 0 Å². The van der Waals surface area contributed by atoms with Gasteiger partial charge in [-0.1, -0.05) is 0 Å². The highest BCUT2D eigenvalue weighted by molar-refractivity contribution is 6.18. The molecule has 1 fully saturated rings. The third-order valence-electron chi connectivity index (χ3n) is 2.91. The van der Waals surface area contributed by atoms with Crippen LogP contribution in [0.3, 0.4) is 0 Å². The van der Waals surface area contributed by atoms with Crippen molar-refractivity contribution in [3.8, 4) is 6.01 Å². The van der Waals surface area contributed by atoms with Crippen LogP contribution in [0, 0.1) is 5.82 Å². The average Bonchev–Trinajstić information content (AvgIpc) is 2.42. The van der Waals surface area contributed by atoms with Gasteiger partial charge in [0.1, 0.15) is 6.10 Å². The molecule has 1 amide bonds. The molecule has 7 heteroatoms. The van der Waals surface area contributed by atoms with Crippen molar-refractivity contribution in [1.82, 2.24) is 14.9 Å². The van der Waals surface area contributed by atoms with Gasteiger partial charge in [0.2, 0.25) is 5.91 Å². The van der Waals surface area contributed by atoms with Crippen LogP contribution in [0.1, 0.15) is 19.3 Å². The highest BCUT2D eigenvalue weighted by atomic mass is 35.5. The number of amides is 1. The van der Waals surface area contributed by atoms with E-state index in [1.807, 2.05) is 0 Å². The molecule has 2 rings (SSSR count). The van der Waals surface area contributed by atoms with Crippen molar-refractivity contribution in [3.63, 3.8) is 0 Å². The van der Waals surface area contributed by atoms with Crippen LogP contribution >= 0.6 is 11.6 Å². The molecule has 19 heavy (non-hydrogen) atoms. The quantitative estimate of drug-likeness (QED) is 0.790. The fourth-order valence-corrected chi connectivity index (χ4v) is 2.17. The summed E-state index contributed by atoms with van der Waals surface area (Å²) in [6.07, 6.45) is 3.98. The highest BCUT2D eigenvalue weighted by Gasteiger charge is 2.25. The van der Waals surface area contributed by atoms with E-state index in [0.717, 1.165) is 31.8 Å². The van der Waals surface area contributed by atoms with Gasteiger partial charge < -0.3 is 9.64 Å². The first-order valence-electron chi connectivity index (χ1n) is 6.17. The zero-order valence-corrected chi connectivity index (χ0v) is 11.1. The second kappa shape index (κ2) is 6.65. The van der Waals surface area contributed by atoms with Gasteiger partial charge in [-0.25, -0.2) is 14.4 Å². The monoisotopic (exact) mass is 287 g/mol. The SMILES string of the molecule is O=C(CCCl)N1CCCC(Oc2ncc(F)cn2)C1. The van der Waals surface area contributed by atoms with E-state index in [9.17, 15) is 9.18 Å². The summed E-state index contributed by atoms with van der Waals surface area (Å²) >= 11 is 5.56. The van der Waals surface area contributed by atoms with E-state index < -0.39 is 5.82 Å². The maximum atomic E-state index is 12.7. The normalized spacial score (nSPS) is 19.3. The predicted octanol–water partition coefficient (Wildman–Crippen LogP) is 1.61. The first-order valence-corrected chi connectivity index (χ1v) is 6.70. The highest BCUT2D eigenvalue weighted by Crippen LogP contribution is 2.16. The van der Waals surface area contributed by atoms with Gasteiger partial charge in [0, 0.05) is 18.8 Å². The lowest BCUT2D eigenvalue weighted by molar-refractivity contribution is -0.133. The molecule has 1 saturated heterocycles. The minimum absolute atomic E-state index is 0.0309. The Morgan fingerprint density at radius 3 is 2.95 bits per heavy atom. The molecule has 0 saturated carbocycles. The number of likely N-dealkylation sites (tertiary alicyclic amines) is 1. The molecule has 5 nitrogen and oxygen atoms in total. The number of carbonyl (C=O) groups is 1. The van der Waals surface area contributed by atoms with Crippen molar-refractivity contribution in [2.75, 3.05) is 19.0 Å². The Labute approximate surface area is 115 Å². The second-order valence-electron chi connectivity index (χ2n) is 4.34. The molecule has 104 valence electrons. The van der Waals surface area contributed by atoms with Crippen molar-refractivity contribution < 1.29 is 13.9 Å². The first-order chi connectivity index (χ1) is 9.19. The number of ether oxygens (including phenoxy) is 1. The summed E-state index contributed by atoms with van der Waals surface area (Å²) in [6, 6.07) is 0.137. The fraction of sp³-hybridized carbons (Fsp3) is 0.583. The lowest BCUT2D eigenvalue weighted by Gasteiger charge is -2.32. The van der Waals surface area contributed by atoms with Crippen LogP contribution in [0.5, 0.6) is 6.01 Å². The minimum Gasteiger partial charge on any atom is -0.458 e. The van der Waals surface area contributed by atoms with Crippen molar-refractivity contribution >= 4 is 17.5 Å². The standard InChI is InChI=1S/C12H15ClFN3O2/c13-4-3-11(18)17-5-1-2-10(8-17)19-12-15-6-9(14)7-16-12/h6-7,10H,1-5,8H2. The Kier molecular flexibility index (Phi) is 4.90. The lowest BCUT2D eigenvalue weighted by Crippen LogP contribution is -2.44. The number of halogens is 2. The minimum atomic E-state index is -0.505. The Balaban J connectivity index is 1.90. The largest absolute Gasteiger partial charge is 0.458 e. The molecule has 1 atom stereocenters. The number of aromatic nitrogens is 2. The molecule has 0 aliphatic carbocycles. The molecular weight excluding hydrogens is 273 g/mol. The van der Waals surface area contributed by atoms with Crippen molar-refractivity contribution in [1.29, 1.82) is 0 Å². The smallest absolute Gasteiger partial charge is 0.316 e. The van der Waals surface area contributed by atoms with Crippen LogP contribution in [0.25, 0.3) is 0 Å². The molecule has 0 bridgehead atoms. The summed E-state index contributed by atoms with van der Waals surface area (Å²) < 4.78 is 18.2. The number of hydrogen-bond donors (Lipinski definition) is 0. The zero-order chi connectivity index (χ0) is 13.7. The zero-order valence-electron chi connectivity index (χ0n) is 10.4. The Morgan fingerprint density at radius 2 is 2.26 bits per heavy atom. The average molecular weight is 288 g/mol. The summed E-state index contributed by atoms with van der Waals surface area (Å²) in [4.78, 5) is 21.0. The molecule has 1 unspecified atom stereocenters. The Morgan fingerprint density at radius 1 is 1.53 bits per heavy atom. The maximum absolute atomic E-state index is 12.7. The van der Waals surface area contributed by atoms with Crippen molar-refractivity contribution in [2.45, 2.75) is 25.4 Å². The van der Waals surface area contributed by atoms with Crippen LogP contribution < -0.4 is 4.74 Å². The molecule has 1 aromatic heterocycles. The van der Waals surface area contributed by atoms with Gasteiger partial charge in [-0.05, 0) is 12.8 Å². The summed E-state index contributed by atoms with van der Waals surface area (Å²) in [5.41, 5.74) is 0. The number of hydrogen-bond acceptors (Lipinski definition) is 4. The Hall–Kier alpha value is -1.43. The van der Waals surface area contributed by atoms with Crippen molar-refractivity contribution in [2.24, 2.45) is 0 Å². The topological polar surface area (TPSA) is 55.3 Å². The summed E-state index contributed by atoms with van der Waals surface area (Å²) in [5.74, 6) is -0.152. The van der Waals surface area contributed by atoms with Gasteiger partial charge in [0.15, 0.2) is 5.82 Å². The molecule has 0 N–H and O–H groups in total. The van der Waals surface area contributed by atoms with Gasteiger partial charge in [0.25, 0.3) is 0 Å². The van der Waals surface area contributed by atoms with Crippen molar-refractivity contribution in [3.05, 3.63) is 18.2 Å². The van der Waals surface area contributed by atoms with Crippen LogP contribution in [0.2, 0.25) is 0 Å². The van der Waals surface area contributed by atoms with Gasteiger partial charge in [-0.3, -0.25) is 4.79 Å². The summed E-state index contributed by atoms with van der Waals surface area (Å²) in [5, 5.41) is 0. The molecular formula is C12H15ClFN3O2. The molecule has 0 spiro atoms. The van der Waals surface area contributed by atoms with E-state index in [1.54, 1.807) is 4.90 Å². The number of rotatable bonds is 4. The van der Waals surface area contributed by atoms with Gasteiger partial charge >= 0.3 is 6.01 Å². The van der Waals surface area contributed by atoms with Crippen LogP contribution in [-0.4, -0.2) is 45.8 Å². The number of carbonyl (C=O) groups excluding carboxylic acids is 1. The molecule has 2 heterocycles. The second-order valence-corrected chi connectivity index (χ2v) is 4.72. The van der Waals surface area contributed by atoms with E-state index >= 15 is 0 Å². The maximum Gasteiger partial charge on any atom is 0.316 e. The van der Waals surface area contributed by atoms with E-state index in [0.29, 0.717) is 18.8 Å². The molecule has 1 aromatic rings. The van der Waals surface area contributed by atoms with Crippen LogP contribution in [0.15, 0.2) is 12.4 Å². The van der Waals surface area contributed by atoms with E-state index in [-0.39, 0.29) is 18.0 Å². The molecule has 0 radical (unpaired) electrons. The molecule has 1 aliphatic rings. The van der Waals surface area contributed by atoms with Gasteiger partial charge in [0.05, 0.1) is 18.9 Å². The summed E-state index contributed by atoms with van der Waals surface area (Å²) in [6.45, 7) is 1.22. The van der Waals surface area contributed by atoms with E-state index in [1.165, 1.54) is 0 Å². The van der Waals surface area contributed by atoms with E-state index in [2.05, 4.69) is 9.97 Å². The van der Waals surface area contributed by atoms with Gasteiger partial charge in [-0.15, -0.1) is 11.6 Å².